The van der Waals surface area contributed by atoms with E-state index in [-0.39, 0.29) is 12.1 Å². The molecule has 16 heavy (non-hydrogen) atoms. The first kappa shape index (κ1) is 13.5. The molecule has 0 aliphatic carbocycles. The van der Waals surface area contributed by atoms with Gasteiger partial charge in [-0.2, -0.15) is 13.2 Å². The molecule has 2 nitrogen and oxygen atoms in total. The lowest BCUT2D eigenvalue weighted by Gasteiger charge is -2.13. The number of hydrogen-bond donors (Lipinski definition) is 2. The summed E-state index contributed by atoms with van der Waals surface area (Å²) in [4.78, 5) is 0. The highest BCUT2D eigenvalue weighted by Crippen LogP contribution is 2.33. The van der Waals surface area contributed by atoms with E-state index in [1.807, 2.05) is 0 Å². The molecule has 0 unspecified atom stereocenters. The molecule has 6 heteroatoms. The molecule has 1 aromatic rings. The Balaban J connectivity index is 2.90. The molecule has 0 aromatic heterocycles. The third-order valence-corrected chi connectivity index (χ3v) is 2.51. The van der Waals surface area contributed by atoms with Crippen LogP contribution in [-0.4, -0.2) is 13.1 Å². The van der Waals surface area contributed by atoms with Crippen LogP contribution in [-0.2, 0) is 12.7 Å². The second-order valence-electron chi connectivity index (χ2n) is 3.26. The lowest BCUT2D eigenvalue weighted by atomic mass is 10.1. The predicted octanol–water partition coefficient (Wildman–Crippen LogP) is 2.52. The summed E-state index contributed by atoms with van der Waals surface area (Å²) in [5.74, 6) is 0. The predicted molar refractivity (Wildman–Crippen MR) is 59.9 cm³/mol. The summed E-state index contributed by atoms with van der Waals surface area (Å²) in [5.41, 5.74) is 4.86. The zero-order valence-electron chi connectivity index (χ0n) is 8.44. The third kappa shape index (κ3) is 3.77. The summed E-state index contributed by atoms with van der Waals surface area (Å²) in [5, 5.41) is 2.84. The number of hydrogen-bond acceptors (Lipinski definition) is 2. The summed E-state index contributed by atoms with van der Waals surface area (Å²) < 4.78 is 38.4. The lowest BCUT2D eigenvalue weighted by molar-refractivity contribution is -0.138. The summed E-state index contributed by atoms with van der Waals surface area (Å²) in [7, 11) is 0. The van der Waals surface area contributed by atoms with E-state index < -0.39 is 11.7 Å². The number of nitrogens with one attached hydrogen (secondary N) is 1. The van der Waals surface area contributed by atoms with Crippen LogP contribution in [0.25, 0.3) is 0 Å². The molecule has 1 rings (SSSR count). The van der Waals surface area contributed by atoms with Crippen molar-refractivity contribution in [3.8, 4) is 0 Å². The SMILES string of the molecule is NCCNCc1ccc(Br)cc1C(F)(F)F. The molecule has 0 aliphatic rings. The van der Waals surface area contributed by atoms with Gasteiger partial charge in [-0.25, -0.2) is 0 Å². The minimum atomic E-state index is -4.33. The van der Waals surface area contributed by atoms with Crippen LogP contribution in [0.15, 0.2) is 22.7 Å². The topological polar surface area (TPSA) is 38.0 Å². The fourth-order valence-electron chi connectivity index (χ4n) is 1.29. The van der Waals surface area contributed by atoms with E-state index in [1.165, 1.54) is 6.07 Å². The standard InChI is InChI=1S/C10H12BrF3N2/c11-8-2-1-7(6-16-4-3-15)9(5-8)10(12,13)14/h1-2,5,16H,3-4,6,15H2. The quantitative estimate of drug-likeness (QED) is 0.838. The van der Waals surface area contributed by atoms with E-state index in [1.54, 1.807) is 6.07 Å². The fraction of sp³-hybridized carbons (Fsp3) is 0.400. The first-order chi connectivity index (χ1) is 7.45. The van der Waals surface area contributed by atoms with Crippen molar-refractivity contribution in [3.05, 3.63) is 33.8 Å². The number of benzene rings is 1. The van der Waals surface area contributed by atoms with Gasteiger partial charge in [-0.3, -0.25) is 0 Å². The Morgan fingerprint density at radius 1 is 1.31 bits per heavy atom. The van der Waals surface area contributed by atoms with E-state index >= 15 is 0 Å². The van der Waals surface area contributed by atoms with E-state index in [0.717, 1.165) is 6.07 Å². The van der Waals surface area contributed by atoms with Crippen molar-refractivity contribution in [3.63, 3.8) is 0 Å². The molecule has 90 valence electrons. The molecule has 0 amide bonds. The van der Waals surface area contributed by atoms with Gasteiger partial charge in [0.25, 0.3) is 0 Å². The molecule has 0 fully saturated rings. The van der Waals surface area contributed by atoms with Crippen LogP contribution in [0.4, 0.5) is 13.2 Å². The highest BCUT2D eigenvalue weighted by molar-refractivity contribution is 9.10. The summed E-state index contributed by atoms with van der Waals surface area (Å²) in [6, 6.07) is 4.13. The number of rotatable bonds is 4. The van der Waals surface area contributed by atoms with Crippen molar-refractivity contribution >= 4 is 15.9 Å². The summed E-state index contributed by atoms with van der Waals surface area (Å²) >= 11 is 3.03. The van der Waals surface area contributed by atoms with Crippen LogP contribution in [0.1, 0.15) is 11.1 Å². The third-order valence-electron chi connectivity index (χ3n) is 2.01. The Labute approximate surface area is 100 Å². The van der Waals surface area contributed by atoms with E-state index in [9.17, 15) is 13.2 Å². The molecule has 0 saturated heterocycles. The second-order valence-corrected chi connectivity index (χ2v) is 4.18. The van der Waals surface area contributed by atoms with Crippen LogP contribution >= 0.6 is 15.9 Å². The Morgan fingerprint density at radius 3 is 2.56 bits per heavy atom. The first-order valence-corrected chi connectivity index (χ1v) is 5.51. The Hall–Kier alpha value is -0.590. The molecule has 0 spiro atoms. The average molecular weight is 297 g/mol. The first-order valence-electron chi connectivity index (χ1n) is 4.71. The van der Waals surface area contributed by atoms with Gasteiger partial charge < -0.3 is 11.1 Å². The largest absolute Gasteiger partial charge is 0.416 e. The van der Waals surface area contributed by atoms with Crippen LogP contribution in [0.2, 0.25) is 0 Å². The van der Waals surface area contributed by atoms with Gasteiger partial charge in [-0.15, -0.1) is 0 Å². The van der Waals surface area contributed by atoms with E-state index in [4.69, 9.17) is 5.73 Å². The van der Waals surface area contributed by atoms with Crippen LogP contribution in [0, 0.1) is 0 Å². The molecule has 0 saturated carbocycles. The number of nitrogens with two attached hydrogens (primary N) is 1. The zero-order valence-corrected chi connectivity index (χ0v) is 10.0. The summed E-state index contributed by atoms with van der Waals surface area (Å²) in [6.07, 6.45) is -4.33. The molecule has 0 radical (unpaired) electrons. The van der Waals surface area contributed by atoms with Crippen LogP contribution in [0.3, 0.4) is 0 Å². The molecular weight excluding hydrogens is 285 g/mol. The maximum Gasteiger partial charge on any atom is 0.416 e. The van der Waals surface area contributed by atoms with Gasteiger partial charge in [-0.05, 0) is 17.7 Å². The minimum absolute atomic E-state index is 0.166. The van der Waals surface area contributed by atoms with Crippen molar-refractivity contribution in [1.82, 2.24) is 5.32 Å². The maximum absolute atomic E-state index is 12.7. The van der Waals surface area contributed by atoms with Gasteiger partial charge >= 0.3 is 6.18 Å². The van der Waals surface area contributed by atoms with Crippen LogP contribution in [0.5, 0.6) is 0 Å². The molecule has 0 atom stereocenters. The monoisotopic (exact) mass is 296 g/mol. The fourth-order valence-corrected chi connectivity index (χ4v) is 1.65. The number of alkyl halides is 3. The second kappa shape index (κ2) is 5.65. The zero-order chi connectivity index (χ0) is 12.2. The van der Waals surface area contributed by atoms with Crippen molar-refractivity contribution in [2.75, 3.05) is 13.1 Å². The van der Waals surface area contributed by atoms with Crippen molar-refractivity contribution in [2.45, 2.75) is 12.7 Å². The minimum Gasteiger partial charge on any atom is -0.329 e. The smallest absolute Gasteiger partial charge is 0.329 e. The van der Waals surface area contributed by atoms with Gasteiger partial charge in [0.05, 0.1) is 5.56 Å². The number of halogens is 4. The highest BCUT2D eigenvalue weighted by atomic mass is 79.9. The van der Waals surface area contributed by atoms with Crippen molar-refractivity contribution in [2.24, 2.45) is 5.73 Å². The lowest BCUT2D eigenvalue weighted by Crippen LogP contribution is -2.23. The van der Waals surface area contributed by atoms with Gasteiger partial charge in [0, 0.05) is 24.1 Å². The van der Waals surface area contributed by atoms with Gasteiger partial charge in [0.15, 0.2) is 0 Å². The molecule has 0 bridgehead atoms. The van der Waals surface area contributed by atoms with E-state index in [2.05, 4.69) is 21.2 Å². The van der Waals surface area contributed by atoms with Gasteiger partial charge in [-0.1, -0.05) is 22.0 Å². The molecular formula is C10H12BrF3N2. The Kier molecular flexibility index (Phi) is 4.76. The van der Waals surface area contributed by atoms with Gasteiger partial charge in [0.2, 0.25) is 0 Å². The van der Waals surface area contributed by atoms with Crippen molar-refractivity contribution < 1.29 is 13.2 Å². The Morgan fingerprint density at radius 2 is 2.00 bits per heavy atom. The normalized spacial score (nSPS) is 11.8. The van der Waals surface area contributed by atoms with Crippen molar-refractivity contribution in [1.29, 1.82) is 0 Å². The highest BCUT2D eigenvalue weighted by Gasteiger charge is 2.33. The van der Waals surface area contributed by atoms with Gasteiger partial charge in [0.1, 0.15) is 0 Å². The Bertz CT molecular complexity index is 352. The summed E-state index contributed by atoms with van der Waals surface area (Å²) in [6.45, 7) is 1.06. The van der Waals surface area contributed by atoms with E-state index in [0.29, 0.717) is 17.6 Å². The molecule has 3 N–H and O–H groups in total. The molecule has 1 aromatic carbocycles. The average Bonchev–Trinajstić information content (AvgIpc) is 2.19. The molecule has 0 aliphatic heterocycles. The maximum atomic E-state index is 12.7. The molecule has 0 heterocycles. The van der Waals surface area contributed by atoms with Crippen LogP contribution < -0.4 is 11.1 Å².